The summed E-state index contributed by atoms with van der Waals surface area (Å²) in [4.78, 5) is 24.4. The zero-order chi connectivity index (χ0) is 11.3. The van der Waals surface area contributed by atoms with Crippen molar-refractivity contribution in [3.63, 3.8) is 0 Å². The Balaban J connectivity index is 2.35. The van der Waals surface area contributed by atoms with Gasteiger partial charge in [-0.05, 0) is 19.8 Å². The topological polar surface area (TPSA) is 46.6 Å². The van der Waals surface area contributed by atoms with E-state index in [9.17, 15) is 9.59 Å². The second-order valence-electron chi connectivity index (χ2n) is 3.56. The third kappa shape index (κ3) is 3.48. The fraction of sp³-hybridized carbons (Fsp3) is 0.800. The van der Waals surface area contributed by atoms with Gasteiger partial charge in [0.25, 0.3) is 0 Å². The van der Waals surface area contributed by atoms with E-state index in [1.165, 1.54) is 0 Å². The summed E-state index contributed by atoms with van der Waals surface area (Å²) in [6, 6.07) is 0. The molecule has 0 spiro atoms. The molecule has 0 aliphatic carbocycles. The first-order valence-electron chi connectivity index (χ1n) is 5.19. The number of hydrogen-bond acceptors (Lipinski definition) is 3. The molecule has 1 heterocycles. The lowest BCUT2D eigenvalue weighted by Crippen LogP contribution is -2.40. The Morgan fingerprint density at radius 3 is 2.47 bits per heavy atom. The Kier molecular flexibility index (Phi) is 5.08. The summed E-state index contributed by atoms with van der Waals surface area (Å²) < 4.78 is 4.90. The Hall–Kier alpha value is -0.580. The fourth-order valence-electron chi connectivity index (χ4n) is 1.71. The maximum Gasteiger partial charge on any atom is 0.409 e. The van der Waals surface area contributed by atoms with Crippen LogP contribution in [-0.4, -0.2) is 41.8 Å². The van der Waals surface area contributed by atoms with Gasteiger partial charge in [-0.2, -0.15) is 0 Å². The molecule has 0 aromatic carbocycles. The number of halogens is 1. The molecule has 86 valence electrons. The molecule has 5 heteroatoms. The molecule has 1 aliphatic heterocycles. The molecule has 15 heavy (non-hydrogen) atoms. The van der Waals surface area contributed by atoms with Crippen molar-refractivity contribution in [2.45, 2.75) is 19.8 Å². The molecule has 0 saturated carbocycles. The number of piperidine rings is 1. The van der Waals surface area contributed by atoms with Gasteiger partial charge < -0.3 is 9.64 Å². The van der Waals surface area contributed by atoms with Crippen LogP contribution in [-0.2, 0) is 9.53 Å². The standard InChI is InChI=1S/C10H16BrNO3/c1-2-15-10(14)12-5-3-8(4-6-12)9(13)7-11/h8H,2-7H2,1H3. The number of carbonyl (C=O) groups excluding carboxylic acids is 2. The monoisotopic (exact) mass is 277 g/mol. The predicted molar refractivity (Wildman–Crippen MR) is 60.1 cm³/mol. The van der Waals surface area contributed by atoms with Crippen molar-refractivity contribution in [1.82, 2.24) is 4.90 Å². The number of hydrogen-bond donors (Lipinski definition) is 0. The van der Waals surface area contributed by atoms with E-state index in [0.29, 0.717) is 25.0 Å². The minimum atomic E-state index is -0.262. The van der Waals surface area contributed by atoms with Gasteiger partial charge in [-0.25, -0.2) is 4.79 Å². The second kappa shape index (κ2) is 6.10. The molecule has 1 amide bonds. The van der Waals surface area contributed by atoms with E-state index >= 15 is 0 Å². The molecule has 0 radical (unpaired) electrons. The first kappa shape index (κ1) is 12.5. The SMILES string of the molecule is CCOC(=O)N1CCC(C(=O)CBr)CC1. The van der Waals surface area contributed by atoms with Crippen molar-refractivity contribution in [2.24, 2.45) is 5.92 Å². The lowest BCUT2D eigenvalue weighted by molar-refractivity contribution is -0.121. The Labute approximate surface area is 98.1 Å². The van der Waals surface area contributed by atoms with E-state index in [1.54, 1.807) is 11.8 Å². The predicted octanol–water partition coefficient (Wildman–Crippen LogP) is 1.82. The van der Waals surface area contributed by atoms with Crippen molar-refractivity contribution >= 4 is 27.8 Å². The quantitative estimate of drug-likeness (QED) is 0.740. The molecule has 0 N–H and O–H groups in total. The van der Waals surface area contributed by atoms with Gasteiger partial charge >= 0.3 is 6.09 Å². The molecule has 4 nitrogen and oxygen atoms in total. The average molecular weight is 278 g/mol. The van der Waals surface area contributed by atoms with Gasteiger partial charge in [-0.1, -0.05) is 15.9 Å². The van der Waals surface area contributed by atoms with Gasteiger partial charge in [0.2, 0.25) is 0 Å². The Morgan fingerprint density at radius 1 is 1.40 bits per heavy atom. The van der Waals surface area contributed by atoms with Crippen LogP contribution >= 0.6 is 15.9 Å². The van der Waals surface area contributed by atoms with Crippen molar-refractivity contribution in [1.29, 1.82) is 0 Å². The van der Waals surface area contributed by atoms with E-state index in [-0.39, 0.29) is 17.8 Å². The highest BCUT2D eigenvalue weighted by Gasteiger charge is 2.26. The summed E-state index contributed by atoms with van der Waals surface area (Å²) in [6.07, 6.45) is 1.24. The minimum absolute atomic E-state index is 0.107. The van der Waals surface area contributed by atoms with Crippen LogP contribution in [0.25, 0.3) is 0 Å². The van der Waals surface area contributed by atoms with Crippen LogP contribution in [0.1, 0.15) is 19.8 Å². The van der Waals surface area contributed by atoms with Gasteiger partial charge in [0, 0.05) is 19.0 Å². The first-order chi connectivity index (χ1) is 7.19. The summed E-state index contributed by atoms with van der Waals surface area (Å²) in [5.74, 6) is 0.341. The normalized spacial score (nSPS) is 17.6. The summed E-state index contributed by atoms with van der Waals surface area (Å²) in [7, 11) is 0. The van der Waals surface area contributed by atoms with Gasteiger partial charge in [0.1, 0.15) is 5.78 Å². The number of ether oxygens (including phenoxy) is 1. The van der Waals surface area contributed by atoms with Crippen LogP contribution in [0.15, 0.2) is 0 Å². The fourth-order valence-corrected chi connectivity index (χ4v) is 2.17. The molecular formula is C10H16BrNO3. The highest BCUT2D eigenvalue weighted by molar-refractivity contribution is 9.09. The number of amides is 1. The van der Waals surface area contributed by atoms with Gasteiger partial charge in [-0.15, -0.1) is 0 Å². The number of nitrogens with zero attached hydrogens (tertiary/aromatic N) is 1. The van der Waals surface area contributed by atoms with Crippen LogP contribution < -0.4 is 0 Å². The molecule has 0 aromatic rings. The third-order valence-corrected chi connectivity index (χ3v) is 3.16. The first-order valence-corrected chi connectivity index (χ1v) is 6.31. The third-order valence-electron chi connectivity index (χ3n) is 2.61. The Morgan fingerprint density at radius 2 is 2.00 bits per heavy atom. The molecule has 0 aromatic heterocycles. The molecule has 0 bridgehead atoms. The number of ketones is 1. The van der Waals surface area contributed by atoms with E-state index in [2.05, 4.69) is 15.9 Å². The van der Waals surface area contributed by atoms with Crippen LogP contribution in [0.4, 0.5) is 4.79 Å². The van der Waals surface area contributed by atoms with Crippen LogP contribution in [0, 0.1) is 5.92 Å². The molecule has 0 atom stereocenters. The number of likely N-dealkylation sites (tertiary alicyclic amines) is 1. The molecule has 1 fully saturated rings. The number of carbonyl (C=O) groups is 2. The highest BCUT2D eigenvalue weighted by atomic mass is 79.9. The van der Waals surface area contributed by atoms with Gasteiger partial charge in [0.15, 0.2) is 0 Å². The molecular weight excluding hydrogens is 262 g/mol. The highest BCUT2D eigenvalue weighted by Crippen LogP contribution is 2.19. The van der Waals surface area contributed by atoms with Crippen LogP contribution in [0.3, 0.4) is 0 Å². The lowest BCUT2D eigenvalue weighted by atomic mass is 9.94. The maximum atomic E-state index is 11.4. The summed E-state index contributed by atoms with van der Waals surface area (Å²) >= 11 is 3.16. The lowest BCUT2D eigenvalue weighted by Gasteiger charge is -2.30. The molecule has 0 unspecified atom stereocenters. The summed E-state index contributed by atoms with van der Waals surface area (Å²) in [5.41, 5.74) is 0. The molecule has 1 aliphatic rings. The van der Waals surface area contributed by atoms with Crippen molar-refractivity contribution in [3.05, 3.63) is 0 Å². The largest absolute Gasteiger partial charge is 0.450 e. The van der Waals surface area contributed by atoms with Crippen LogP contribution in [0.5, 0.6) is 0 Å². The van der Waals surface area contributed by atoms with E-state index in [4.69, 9.17) is 4.74 Å². The number of alkyl halides is 1. The van der Waals surface area contributed by atoms with Crippen molar-refractivity contribution < 1.29 is 14.3 Å². The molecule has 1 rings (SSSR count). The number of rotatable bonds is 3. The average Bonchev–Trinajstić information content (AvgIpc) is 2.28. The summed E-state index contributed by atoms with van der Waals surface area (Å²) in [6.45, 7) is 3.45. The van der Waals surface area contributed by atoms with Crippen molar-refractivity contribution in [2.75, 3.05) is 25.0 Å². The second-order valence-corrected chi connectivity index (χ2v) is 4.12. The molecule has 1 saturated heterocycles. The Bertz CT molecular complexity index is 237. The zero-order valence-electron chi connectivity index (χ0n) is 8.87. The van der Waals surface area contributed by atoms with E-state index in [1.807, 2.05) is 0 Å². The smallest absolute Gasteiger partial charge is 0.409 e. The van der Waals surface area contributed by atoms with Gasteiger partial charge in [-0.3, -0.25) is 4.79 Å². The van der Waals surface area contributed by atoms with Gasteiger partial charge in [0.05, 0.1) is 11.9 Å². The number of Topliss-reactive ketones (excluding diaryl/α,β-unsaturated/α-hetero) is 1. The summed E-state index contributed by atoms with van der Waals surface area (Å²) in [5, 5.41) is 0.414. The van der Waals surface area contributed by atoms with Crippen molar-refractivity contribution in [3.8, 4) is 0 Å². The van der Waals surface area contributed by atoms with E-state index < -0.39 is 0 Å². The van der Waals surface area contributed by atoms with Crippen LogP contribution in [0.2, 0.25) is 0 Å². The maximum absolute atomic E-state index is 11.4. The zero-order valence-corrected chi connectivity index (χ0v) is 10.5. The minimum Gasteiger partial charge on any atom is -0.450 e. The van der Waals surface area contributed by atoms with E-state index in [0.717, 1.165) is 12.8 Å².